The van der Waals surface area contributed by atoms with Gasteiger partial charge in [-0.3, -0.25) is 4.98 Å². The molecule has 96 valence electrons. The Morgan fingerprint density at radius 1 is 1.44 bits per heavy atom. The molecular weight excluding hydrogens is 378 g/mol. The van der Waals surface area contributed by atoms with Crippen LogP contribution in [0.2, 0.25) is 0 Å². The highest BCUT2D eigenvalue weighted by Crippen LogP contribution is 2.26. The van der Waals surface area contributed by atoms with Gasteiger partial charge in [0.05, 0.1) is 22.4 Å². The number of hydrogen-bond donors (Lipinski definition) is 1. The van der Waals surface area contributed by atoms with Gasteiger partial charge in [-0.05, 0) is 51.9 Å². The van der Waals surface area contributed by atoms with Crippen LogP contribution in [0, 0.1) is 6.92 Å². The summed E-state index contributed by atoms with van der Waals surface area (Å²) in [6, 6.07) is 2.17. The standard InChI is InChI=1S/C12H13Br2N3S/c1-7-17-9(6-18-7)4-11(15-2)12-10(14)3-8(13)5-16-12/h3,5-6,11,15H,4H2,1-2H3. The fourth-order valence-corrected chi connectivity index (χ4v) is 3.62. The number of likely N-dealkylation sites (N-methyl/N-ethyl adjacent to an activating group) is 1. The lowest BCUT2D eigenvalue weighted by Crippen LogP contribution is -2.20. The van der Waals surface area contributed by atoms with Gasteiger partial charge in [-0.25, -0.2) is 4.98 Å². The summed E-state index contributed by atoms with van der Waals surface area (Å²) in [6.45, 7) is 2.02. The van der Waals surface area contributed by atoms with Crippen LogP contribution in [0.1, 0.15) is 22.4 Å². The summed E-state index contributed by atoms with van der Waals surface area (Å²) < 4.78 is 1.97. The van der Waals surface area contributed by atoms with Gasteiger partial charge < -0.3 is 5.32 Å². The van der Waals surface area contributed by atoms with E-state index in [9.17, 15) is 0 Å². The third-order valence-electron chi connectivity index (χ3n) is 2.59. The number of aromatic nitrogens is 2. The zero-order valence-corrected chi connectivity index (χ0v) is 14.1. The highest BCUT2D eigenvalue weighted by atomic mass is 79.9. The number of rotatable bonds is 4. The first-order chi connectivity index (χ1) is 8.60. The first-order valence-corrected chi connectivity index (χ1v) is 7.96. The average molecular weight is 391 g/mol. The van der Waals surface area contributed by atoms with Gasteiger partial charge in [-0.2, -0.15) is 0 Å². The zero-order valence-electron chi connectivity index (χ0n) is 10.1. The molecule has 1 unspecified atom stereocenters. The quantitative estimate of drug-likeness (QED) is 0.860. The van der Waals surface area contributed by atoms with Crippen molar-refractivity contribution in [3.05, 3.63) is 43.0 Å². The molecule has 0 spiro atoms. The molecule has 2 rings (SSSR count). The predicted octanol–water partition coefficient (Wildman–Crippen LogP) is 3.87. The van der Waals surface area contributed by atoms with Crippen molar-refractivity contribution < 1.29 is 0 Å². The fourth-order valence-electron chi connectivity index (χ4n) is 1.73. The Morgan fingerprint density at radius 2 is 2.22 bits per heavy atom. The summed E-state index contributed by atoms with van der Waals surface area (Å²) in [5.74, 6) is 0. The molecule has 0 aliphatic carbocycles. The van der Waals surface area contributed by atoms with Crippen LogP contribution in [-0.4, -0.2) is 17.0 Å². The Bertz CT molecular complexity index is 542. The molecule has 2 aromatic rings. The first-order valence-electron chi connectivity index (χ1n) is 5.49. The van der Waals surface area contributed by atoms with E-state index in [1.165, 1.54) is 0 Å². The second-order valence-electron chi connectivity index (χ2n) is 3.92. The van der Waals surface area contributed by atoms with E-state index >= 15 is 0 Å². The molecule has 18 heavy (non-hydrogen) atoms. The Hall–Kier alpha value is -0.300. The number of pyridine rings is 1. The fraction of sp³-hybridized carbons (Fsp3) is 0.333. The number of halogens is 2. The Kier molecular flexibility index (Phi) is 4.89. The molecule has 2 heterocycles. The maximum atomic E-state index is 4.50. The minimum absolute atomic E-state index is 0.161. The lowest BCUT2D eigenvalue weighted by atomic mass is 10.1. The van der Waals surface area contributed by atoms with Crippen LogP contribution in [0.25, 0.3) is 0 Å². The van der Waals surface area contributed by atoms with Gasteiger partial charge in [0, 0.05) is 26.9 Å². The number of nitrogens with one attached hydrogen (secondary N) is 1. The molecule has 0 fully saturated rings. The minimum Gasteiger partial charge on any atom is -0.311 e. The summed E-state index contributed by atoms with van der Waals surface area (Å²) in [5, 5.41) is 6.50. The van der Waals surface area contributed by atoms with Gasteiger partial charge in [-0.1, -0.05) is 0 Å². The van der Waals surface area contributed by atoms with Crippen molar-refractivity contribution in [2.24, 2.45) is 0 Å². The smallest absolute Gasteiger partial charge is 0.0897 e. The Labute approximate surface area is 127 Å². The van der Waals surface area contributed by atoms with Crippen LogP contribution >= 0.6 is 43.2 Å². The van der Waals surface area contributed by atoms with E-state index in [1.807, 2.05) is 26.2 Å². The van der Waals surface area contributed by atoms with Gasteiger partial charge >= 0.3 is 0 Å². The van der Waals surface area contributed by atoms with Crippen molar-refractivity contribution in [2.45, 2.75) is 19.4 Å². The van der Waals surface area contributed by atoms with Gasteiger partial charge in [-0.15, -0.1) is 11.3 Å². The van der Waals surface area contributed by atoms with Crippen LogP contribution < -0.4 is 5.32 Å². The molecule has 0 saturated carbocycles. The molecular formula is C12H13Br2N3S. The van der Waals surface area contributed by atoms with Crippen LogP contribution in [0.15, 0.2) is 26.6 Å². The van der Waals surface area contributed by atoms with E-state index in [1.54, 1.807) is 11.3 Å². The highest BCUT2D eigenvalue weighted by molar-refractivity contribution is 9.11. The maximum absolute atomic E-state index is 4.50. The molecule has 0 aliphatic heterocycles. The molecule has 0 saturated heterocycles. The van der Waals surface area contributed by atoms with Crippen molar-refractivity contribution in [1.82, 2.24) is 15.3 Å². The number of hydrogen-bond acceptors (Lipinski definition) is 4. The van der Waals surface area contributed by atoms with Crippen LogP contribution in [-0.2, 0) is 6.42 Å². The van der Waals surface area contributed by atoms with Crippen LogP contribution in [0.5, 0.6) is 0 Å². The number of aryl methyl sites for hydroxylation is 1. The van der Waals surface area contributed by atoms with Crippen molar-refractivity contribution in [3.8, 4) is 0 Å². The second kappa shape index (κ2) is 6.23. The predicted molar refractivity (Wildman–Crippen MR) is 82.0 cm³/mol. The molecule has 6 heteroatoms. The lowest BCUT2D eigenvalue weighted by Gasteiger charge is -2.16. The summed E-state index contributed by atoms with van der Waals surface area (Å²) in [4.78, 5) is 8.97. The first kappa shape index (κ1) is 14.1. The van der Waals surface area contributed by atoms with Crippen LogP contribution in [0.4, 0.5) is 0 Å². The largest absolute Gasteiger partial charge is 0.311 e. The third-order valence-corrected chi connectivity index (χ3v) is 4.49. The van der Waals surface area contributed by atoms with Crippen LogP contribution in [0.3, 0.4) is 0 Å². The highest BCUT2D eigenvalue weighted by Gasteiger charge is 2.16. The Balaban J connectivity index is 2.22. The summed E-state index contributed by atoms with van der Waals surface area (Å²) >= 11 is 8.65. The molecule has 0 bridgehead atoms. The topological polar surface area (TPSA) is 37.8 Å². The number of thiazole rings is 1. The summed E-state index contributed by atoms with van der Waals surface area (Å²) in [7, 11) is 1.94. The molecule has 3 nitrogen and oxygen atoms in total. The van der Waals surface area contributed by atoms with Gasteiger partial charge in [0.1, 0.15) is 0 Å². The van der Waals surface area contributed by atoms with Gasteiger partial charge in [0.2, 0.25) is 0 Å². The molecule has 2 aromatic heterocycles. The normalized spacial score (nSPS) is 12.7. The van der Waals surface area contributed by atoms with Crippen molar-refractivity contribution >= 4 is 43.2 Å². The van der Waals surface area contributed by atoms with Crippen molar-refractivity contribution in [2.75, 3.05) is 7.05 Å². The SMILES string of the molecule is CNC(Cc1csc(C)n1)c1ncc(Br)cc1Br. The molecule has 0 aromatic carbocycles. The van der Waals surface area contributed by atoms with E-state index in [4.69, 9.17) is 0 Å². The summed E-state index contributed by atoms with van der Waals surface area (Å²) in [5.41, 5.74) is 2.11. The molecule has 0 amide bonds. The van der Waals surface area contributed by atoms with Gasteiger partial charge in [0.15, 0.2) is 0 Å². The second-order valence-corrected chi connectivity index (χ2v) is 6.76. The number of nitrogens with zero attached hydrogens (tertiary/aromatic N) is 2. The molecule has 0 radical (unpaired) electrons. The van der Waals surface area contributed by atoms with Crippen molar-refractivity contribution in [1.29, 1.82) is 0 Å². The monoisotopic (exact) mass is 389 g/mol. The lowest BCUT2D eigenvalue weighted by molar-refractivity contribution is 0.567. The molecule has 1 atom stereocenters. The Morgan fingerprint density at radius 3 is 2.78 bits per heavy atom. The molecule has 1 N–H and O–H groups in total. The minimum atomic E-state index is 0.161. The maximum Gasteiger partial charge on any atom is 0.0897 e. The zero-order chi connectivity index (χ0) is 13.1. The van der Waals surface area contributed by atoms with E-state index in [2.05, 4.69) is 52.5 Å². The van der Waals surface area contributed by atoms with E-state index < -0.39 is 0 Å². The van der Waals surface area contributed by atoms with E-state index in [0.717, 1.165) is 31.8 Å². The average Bonchev–Trinajstić information content (AvgIpc) is 2.72. The third kappa shape index (κ3) is 3.38. The van der Waals surface area contributed by atoms with E-state index in [0.29, 0.717) is 0 Å². The van der Waals surface area contributed by atoms with Crippen molar-refractivity contribution in [3.63, 3.8) is 0 Å². The van der Waals surface area contributed by atoms with E-state index in [-0.39, 0.29) is 6.04 Å². The summed E-state index contributed by atoms with van der Waals surface area (Å²) in [6.07, 6.45) is 2.66. The molecule has 0 aliphatic rings. The van der Waals surface area contributed by atoms with Gasteiger partial charge in [0.25, 0.3) is 0 Å².